The summed E-state index contributed by atoms with van der Waals surface area (Å²) in [5, 5.41) is 9.71. The molecule has 0 bridgehead atoms. The molecule has 2 heterocycles. The van der Waals surface area contributed by atoms with E-state index in [1.165, 1.54) is 22.7 Å². The molecule has 0 aliphatic rings. The summed E-state index contributed by atoms with van der Waals surface area (Å²) in [5.41, 5.74) is 12.0. The van der Waals surface area contributed by atoms with Crippen molar-refractivity contribution < 1.29 is 4.79 Å². The first-order valence-electron chi connectivity index (χ1n) is 8.65. The molecular formula is C16H25ClN6OS2. The molecule has 0 aliphatic carbocycles. The van der Waals surface area contributed by atoms with E-state index in [9.17, 15) is 4.79 Å². The van der Waals surface area contributed by atoms with Gasteiger partial charge in [-0.3, -0.25) is 4.79 Å². The molecule has 0 aliphatic heterocycles. The van der Waals surface area contributed by atoms with E-state index in [4.69, 9.17) is 23.1 Å². The lowest BCUT2D eigenvalue weighted by atomic mass is 10.3. The second-order valence-corrected chi connectivity index (χ2v) is 8.21. The minimum absolute atomic E-state index is 0.252. The first-order chi connectivity index (χ1) is 12.7. The maximum Gasteiger partial charge on any atom is 0.272 e. The molecule has 0 aromatic carbocycles. The molecule has 0 spiro atoms. The summed E-state index contributed by atoms with van der Waals surface area (Å²) >= 11 is 9.00. The lowest BCUT2D eigenvalue weighted by molar-refractivity contribution is 0.0949. The lowest BCUT2D eigenvalue weighted by Gasteiger charge is -2.05. The number of carbonyl (C=O) groups excluding carboxylic acids is 1. The van der Waals surface area contributed by atoms with E-state index in [0.29, 0.717) is 22.4 Å². The number of nitrogens with zero attached hydrogens (tertiary/aromatic N) is 2. The van der Waals surface area contributed by atoms with Gasteiger partial charge >= 0.3 is 0 Å². The van der Waals surface area contributed by atoms with Crippen molar-refractivity contribution in [2.24, 2.45) is 11.5 Å². The smallest absolute Gasteiger partial charge is 0.272 e. The molecular weight excluding hydrogens is 392 g/mol. The molecule has 0 fully saturated rings. The second-order valence-electron chi connectivity index (χ2n) is 5.66. The van der Waals surface area contributed by atoms with E-state index in [2.05, 4.69) is 20.6 Å². The first-order valence-corrected chi connectivity index (χ1v) is 10.7. The van der Waals surface area contributed by atoms with Crippen LogP contribution in [0.1, 0.15) is 34.8 Å². The van der Waals surface area contributed by atoms with Crippen LogP contribution in [0.4, 0.5) is 0 Å². The minimum atomic E-state index is -0.252. The molecule has 10 heteroatoms. The fourth-order valence-electron chi connectivity index (χ4n) is 2.22. The van der Waals surface area contributed by atoms with Crippen LogP contribution >= 0.6 is 34.3 Å². The van der Waals surface area contributed by atoms with Crippen molar-refractivity contribution in [2.45, 2.75) is 25.7 Å². The van der Waals surface area contributed by atoms with Gasteiger partial charge in [0, 0.05) is 18.3 Å². The number of carbonyl (C=O) groups is 1. The highest BCUT2D eigenvalue weighted by Gasteiger charge is 2.18. The molecule has 0 saturated carbocycles. The highest BCUT2D eigenvalue weighted by molar-refractivity contribution is 7.19. The summed E-state index contributed by atoms with van der Waals surface area (Å²) in [6.07, 6.45) is 3.68. The highest BCUT2D eigenvalue weighted by atomic mass is 35.5. The second kappa shape index (κ2) is 11.6. The van der Waals surface area contributed by atoms with E-state index < -0.39 is 0 Å². The highest BCUT2D eigenvalue weighted by Crippen LogP contribution is 2.32. The molecule has 26 heavy (non-hydrogen) atoms. The maximum absolute atomic E-state index is 12.3. The number of nitrogens with one attached hydrogen (secondary N) is 2. The van der Waals surface area contributed by atoms with E-state index in [1.807, 2.05) is 5.38 Å². The van der Waals surface area contributed by atoms with E-state index in [0.717, 1.165) is 56.0 Å². The fourth-order valence-corrected chi connectivity index (χ4v) is 4.19. The van der Waals surface area contributed by atoms with Gasteiger partial charge in [0.2, 0.25) is 0 Å². The molecule has 144 valence electrons. The average Bonchev–Trinajstić information content (AvgIpc) is 3.24. The first kappa shape index (κ1) is 21.2. The number of amides is 1. The van der Waals surface area contributed by atoms with Gasteiger partial charge in [-0.15, -0.1) is 11.3 Å². The van der Waals surface area contributed by atoms with Crippen LogP contribution in [-0.4, -0.2) is 48.6 Å². The Morgan fingerprint density at radius 3 is 2.69 bits per heavy atom. The van der Waals surface area contributed by atoms with Crippen LogP contribution in [0, 0.1) is 0 Å². The number of hydrogen-bond donors (Lipinski definition) is 4. The molecule has 0 unspecified atom stereocenters. The van der Waals surface area contributed by atoms with Gasteiger partial charge in [-0.05, 0) is 45.4 Å². The van der Waals surface area contributed by atoms with E-state index in [1.54, 1.807) is 0 Å². The molecule has 2 rings (SSSR count). The molecule has 7 nitrogen and oxygen atoms in total. The zero-order valence-electron chi connectivity index (χ0n) is 14.6. The average molecular weight is 417 g/mol. The predicted molar refractivity (Wildman–Crippen MR) is 109 cm³/mol. The molecule has 0 saturated heterocycles. The van der Waals surface area contributed by atoms with Crippen molar-refractivity contribution in [3.63, 3.8) is 0 Å². The van der Waals surface area contributed by atoms with Crippen LogP contribution in [0.5, 0.6) is 0 Å². The Labute approximate surface area is 166 Å². The summed E-state index contributed by atoms with van der Waals surface area (Å²) in [6, 6.07) is 0. The van der Waals surface area contributed by atoms with Gasteiger partial charge < -0.3 is 22.1 Å². The number of halogens is 1. The molecule has 1 amide bonds. The number of hydrogen-bond acceptors (Lipinski definition) is 8. The SMILES string of the molecule is NCCCCNCCCNC(=O)c1nc(-c2csc(CCN)n2)sc1Cl. The van der Waals surface area contributed by atoms with Crippen LogP contribution in [0.25, 0.3) is 10.7 Å². The van der Waals surface area contributed by atoms with E-state index >= 15 is 0 Å². The van der Waals surface area contributed by atoms with Gasteiger partial charge in [-0.25, -0.2) is 9.97 Å². The third-order valence-corrected chi connectivity index (χ3v) is 5.74. The quantitative estimate of drug-likeness (QED) is 0.392. The number of rotatable bonds is 12. The summed E-state index contributed by atoms with van der Waals surface area (Å²) < 4.78 is 0.380. The Balaban J connectivity index is 1.79. The predicted octanol–water partition coefficient (Wildman–Crippen LogP) is 1.87. The van der Waals surface area contributed by atoms with Gasteiger partial charge in [-0.2, -0.15) is 0 Å². The van der Waals surface area contributed by atoms with Gasteiger partial charge in [0.1, 0.15) is 15.0 Å². The van der Waals surface area contributed by atoms with Crippen molar-refractivity contribution in [2.75, 3.05) is 32.7 Å². The van der Waals surface area contributed by atoms with Crippen molar-refractivity contribution in [1.29, 1.82) is 0 Å². The Bertz CT molecular complexity index is 690. The Hall–Kier alpha value is -1.10. The minimum Gasteiger partial charge on any atom is -0.351 e. The standard InChI is InChI=1S/C16H25ClN6OS2/c17-14-13(15(24)21-9-3-8-20-7-2-1-5-18)23-16(26-14)11-10-25-12(22-11)4-6-19/h10,20H,1-9,18-19H2,(H,21,24). The summed E-state index contributed by atoms with van der Waals surface area (Å²) in [5.74, 6) is -0.252. The molecule has 2 aromatic rings. The monoisotopic (exact) mass is 416 g/mol. The number of unbranched alkanes of at least 4 members (excludes halogenated alkanes) is 1. The van der Waals surface area contributed by atoms with Gasteiger partial charge in [-0.1, -0.05) is 22.9 Å². The van der Waals surface area contributed by atoms with E-state index in [-0.39, 0.29) is 11.6 Å². The summed E-state index contributed by atoms with van der Waals surface area (Å²) in [6.45, 7) is 3.66. The largest absolute Gasteiger partial charge is 0.351 e. The van der Waals surface area contributed by atoms with Gasteiger partial charge in [0.15, 0.2) is 5.69 Å². The molecule has 2 aromatic heterocycles. The van der Waals surface area contributed by atoms with Crippen molar-refractivity contribution in [3.8, 4) is 10.7 Å². The van der Waals surface area contributed by atoms with Crippen molar-refractivity contribution in [3.05, 3.63) is 20.4 Å². The fraction of sp³-hybridized carbons (Fsp3) is 0.562. The van der Waals surface area contributed by atoms with Crippen LogP contribution < -0.4 is 22.1 Å². The molecule has 0 radical (unpaired) electrons. The summed E-state index contributed by atoms with van der Waals surface area (Å²) in [4.78, 5) is 21.1. The maximum atomic E-state index is 12.3. The van der Waals surface area contributed by atoms with Crippen molar-refractivity contribution >= 4 is 40.2 Å². The topological polar surface area (TPSA) is 119 Å². The number of nitrogens with two attached hydrogens (primary N) is 2. The Kier molecular flexibility index (Phi) is 9.44. The number of thiazole rings is 2. The third kappa shape index (κ3) is 6.57. The van der Waals surface area contributed by atoms with Crippen LogP contribution in [0.2, 0.25) is 4.34 Å². The third-order valence-electron chi connectivity index (χ3n) is 3.55. The van der Waals surface area contributed by atoms with Gasteiger partial charge in [0.05, 0.1) is 5.01 Å². The zero-order valence-corrected chi connectivity index (χ0v) is 17.0. The van der Waals surface area contributed by atoms with Crippen LogP contribution in [0.3, 0.4) is 0 Å². The van der Waals surface area contributed by atoms with Crippen molar-refractivity contribution in [1.82, 2.24) is 20.6 Å². The Morgan fingerprint density at radius 1 is 1.12 bits per heavy atom. The van der Waals surface area contributed by atoms with Gasteiger partial charge in [0.25, 0.3) is 5.91 Å². The number of aromatic nitrogens is 2. The zero-order chi connectivity index (χ0) is 18.8. The summed E-state index contributed by atoms with van der Waals surface area (Å²) in [7, 11) is 0. The van der Waals surface area contributed by atoms with Crippen LogP contribution in [-0.2, 0) is 6.42 Å². The Morgan fingerprint density at radius 2 is 1.92 bits per heavy atom. The molecule has 6 N–H and O–H groups in total. The molecule has 0 atom stereocenters. The normalized spacial score (nSPS) is 11.0. The lowest BCUT2D eigenvalue weighted by Crippen LogP contribution is -2.28. The van der Waals surface area contributed by atoms with Crippen LogP contribution in [0.15, 0.2) is 5.38 Å².